The molecule has 1 aliphatic rings. The Morgan fingerprint density at radius 2 is 1.81 bits per heavy atom. The van der Waals surface area contributed by atoms with Gasteiger partial charge in [-0.05, 0) is 43.2 Å². The molecule has 0 radical (unpaired) electrons. The van der Waals surface area contributed by atoms with Gasteiger partial charge in [0, 0.05) is 29.4 Å². The van der Waals surface area contributed by atoms with Gasteiger partial charge in [0.1, 0.15) is 0 Å². The van der Waals surface area contributed by atoms with Crippen molar-refractivity contribution in [2.45, 2.75) is 50.6 Å². The van der Waals surface area contributed by atoms with E-state index in [0.29, 0.717) is 39.9 Å². The van der Waals surface area contributed by atoms with Crippen LogP contribution in [0, 0.1) is 11.8 Å². The Balaban J connectivity index is 2.13. The fraction of sp³-hybridized carbons (Fsp3) is 0.625. The molecule has 0 heterocycles. The molecule has 1 saturated carbocycles. The molecule has 2 atom stereocenters. The molecule has 0 amide bonds. The maximum Gasteiger partial charge on any atom is 0.175 e. The molecular formula is C16H24ClNO2S. The summed E-state index contributed by atoms with van der Waals surface area (Å²) < 4.78 is 23.7. The van der Waals surface area contributed by atoms with Gasteiger partial charge in [-0.1, -0.05) is 31.5 Å². The molecule has 2 unspecified atom stereocenters. The number of hydrogen-bond acceptors (Lipinski definition) is 3. The largest absolute Gasteiger partial charge is 0.310 e. The number of hydrogen-bond donors (Lipinski definition) is 1. The Labute approximate surface area is 133 Å². The van der Waals surface area contributed by atoms with Gasteiger partial charge in [-0.15, -0.1) is 0 Å². The van der Waals surface area contributed by atoms with Crippen molar-refractivity contribution in [3.8, 4) is 0 Å². The molecule has 21 heavy (non-hydrogen) atoms. The normalized spacial score (nSPS) is 26.8. The second-order valence-corrected chi connectivity index (χ2v) is 8.88. The van der Waals surface area contributed by atoms with E-state index >= 15 is 0 Å². The van der Waals surface area contributed by atoms with Crippen LogP contribution in [0.25, 0.3) is 0 Å². The van der Waals surface area contributed by atoms with Crippen LogP contribution >= 0.6 is 11.6 Å². The van der Waals surface area contributed by atoms with Crippen LogP contribution in [0.5, 0.6) is 0 Å². The fourth-order valence-corrected chi connectivity index (χ4v) is 4.67. The summed E-state index contributed by atoms with van der Waals surface area (Å²) in [5.74, 6) is 1.43. The van der Waals surface area contributed by atoms with Gasteiger partial charge in [-0.3, -0.25) is 0 Å². The van der Waals surface area contributed by atoms with Crippen molar-refractivity contribution in [2.75, 3.05) is 6.26 Å². The minimum atomic E-state index is -3.25. The monoisotopic (exact) mass is 329 g/mol. The van der Waals surface area contributed by atoms with E-state index < -0.39 is 9.84 Å². The third-order valence-corrected chi connectivity index (χ3v) is 5.76. The summed E-state index contributed by atoms with van der Waals surface area (Å²) in [5.41, 5.74) is 0.688. The van der Waals surface area contributed by atoms with Gasteiger partial charge in [-0.2, -0.15) is 0 Å². The van der Waals surface area contributed by atoms with Crippen molar-refractivity contribution >= 4 is 21.4 Å². The lowest BCUT2D eigenvalue weighted by atomic mass is 9.80. The van der Waals surface area contributed by atoms with Crippen LogP contribution in [0.1, 0.15) is 38.7 Å². The molecule has 0 saturated heterocycles. The van der Waals surface area contributed by atoms with E-state index in [1.54, 1.807) is 18.2 Å². The Hall–Kier alpha value is -0.580. The van der Waals surface area contributed by atoms with Gasteiger partial charge in [0.2, 0.25) is 0 Å². The number of rotatable bonds is 4. The van der Waals surface area contributed by atoms with Crippen LogP contribution in [0.15, 0.2) is 23.1 Å². The first-order valence-corrected chi connectivity index (χ1v) is 9.75. The summed E-state index contributed by atoms with van der Waals surface area (Å²) in [6.07, 6.45) is 4.79. The van der Waals surface area contributed by atoms with Gasteiger partial charge in [0.05, 0.1) is 4.90 Å². The molecule has 0 spiro atoms. The first-order valence-electron chi connectivity index (χ1n) is 7.48. The van der Waals surface area contributed by atoms with E-state index in [-0.39, 0.29) is 0 Å². The van der Waals surface area contributed by atoms with Gasteiger partial charge in [0.25, 0.3) is 0 Å². The molecule has 1 fully saturated rings. The molecule has 0 bridgehead atoms. The third kappa shape index (κ3) is 4.44. The summed E-state index contributed by atoms with van der Waals surface area (Å²) in [4.78, 5) is 0.333. The molecule has 118 valence electrons. The molecule has 1 N–H and O–H groups in total. The zero-order valence-electron chi connectivity index (χ0n) is 12.9. The summed E-state index contributed by atoms with van der Waals surface area (Å²) in [7, 11) is -3.25. The molecule has 1 aromatic rings. The SMILES string of the molecule is CC1CC(C)CC(NCc2c(Cl)cccc2S(C)(=O)=O)C1. The molecule has 0 aliphatic heterocycles. The minimum absolute atomic E-state index is 0.333. The molecule has 0 aromatic heterocycles. The Bertz CT molecular complexity index is 590. The van der Waals surface area contributed by atoms with E-state index in [4.69, 9.17) is 11.6 Å². The van der Waals surface area contributed by atoms with E-state index in [2.05, 4.69) is 19.2 Å². The van der Waals surface area contributed by atoms with E-state index in [0.717, 1.165) is 12.8 Å². The summed E-state index contributed by atoms with van der Waals surface area (Å²) in [5, 5.41) is 4.02. The van der Waals surface area contributed by atoms with Gasteiger partial charge in [0.15, 0.2) is 9.84 Å². The average molecular weight is 330 g/mol. The Morgan fingerprint density at radius 1 is 1.19 bits per heavy atom. The predicted molar refractivity (Wildman–Crippen MR) is 87.4 cm³/mol. The van der Waals surface area contributed by atoms with E-state index in [1.165, 1.54) is 12.7 Å². The van der Waals surface area contributed by atoms with Crippen LogP contribution in [-0.2, 0) is 16.4 Å². The second kappa shape index (κ2) is 6.67. The van der Waals surface area contributed by atoms with Crippen molar-refractivity contribution in [1.29, 1.82) is 0 Å². The maximum atomic E-state index is 11.9. The Morgan fingerprint density at radius 3 is 2.38 bits per heavy atom. The lowest BCUT2D eigenvalue weighted by molar-refractivity contribution is 0.238. The van der Waals surface area contributed by atoms with Crippen LogP contribution in [0.4, 0.5) is 0 Å². The topological polar surface area (TPSA) is 46.2 Å². The molecule has 1 aliphatic carbocycles. The van der Waals surface area contributed by atoms with Crippen molar-refractivity contribution in [1.82, 2.24) is 5.32 Å². The highest BCUT2D eigenvalue weighted by atomic mass is 35.5. The number of nitrogens with one attached hydrogen (secondary N) is 1. The van der Waals surface area contributed by atoms with Crippen LogP contribution < -0.4 is 5.32 Å². The molecular weight excluding hydrogens is 306 g/mol. The highest BCUT2D eigenvalue weighted by Gasteiger charge is 2.24. The molecule has 2 rings (SSSR count). The zero-order chi connectivity index (χ0) is 15.6. The Kier molecular flexibility index (Phi) is 5.33. The first kappa shape index (κ1) is 16.8. The predicted octanol–water partition coefficient (Wildman–Crippen LogP) is 3.66. The van der Waals surface area contributed by atoms with E-state index in [1.807, 2.05) is 0 Å². The minimum Gasteiger partial charge on any atom is -0.310 e. The zero-order valence-corrected chi connectivity index (χ0v) is 14.5. The van der Waals surface area contributed by atoms with Crippen molar-refractivity contribution in [2.24, 2.45) is 11.8 Å². The second-order valence-electron chi connectivity index (χ2n) is 6.48. The van der Waals surface area contributed by atoms with Gasteiger partial charge < -0.3 is 5.32 Å². The summed E-state index contributed by atoms with van der Waals surface area (Å²) >= 11 is 6.21. The number of benzene rings is 1. The summed E-state index contributed by atoms with van der Waals surface area (Å²) in [6, 6.07) is 5.50. The lowest BCUT2D eigenvalue weighted by Gasteiger charge is -2.32. The van der Waals surface area contributed by atoms with Crippen LogP contribution in [0.3, 0.4) is 0 Å². The molecule has 5 heteroatoms. The first-order chi connectivity index (χ1) is 9.77. The standard InChI is InChI=1S/C16H24ClNO2S/c1-11-7-12(2)9-13(8-11)18-10-14-15(17)5-4-6-16(14)21(3,19)20/h4-6,11-13,18H,7-10H2,1-3H3. The number of sulfone groups is 1. The smallest absolute Gasteiger partial charge is 0.175 e. The number of halogens is 1. The van der Waals surface area contributed by atoms with Crippen molar-refractivity contribution < 1.29 is 8.42 Å². The summed E-state index contributed by atoms with van der Waals surface area (Å²) in [6.45, 7) is 5.07. The fourth-order valence-electron chi connectivity index (χ4n) is 3.42. The van der Waals surface area contributed by atoms with Gasteiger partial charge in [-0.25, -0.2) is 8.42 Å². The highest BCUT2D eigenvalue weighted by molar-refractivity contribution is 7.90. The van der Waals surface area contributed by atoms with E-state index in [9.17, 15) is 8.42 Å². The highest BCUT2D eigenvalue weighted by Crippen LogP contribution is 2.29. The lowest BCUT2D eigenvalue weighted by Crippen LogP contribution is -2.36. The van der Waals surface area contributed by atoms with Crippen LogP contribution in [0.2, 0.25) is 5.02 Å². The van der Waals surface area contributed by atoms with Crippen molar-refractivity contribution in [3.63, 3.8) is 0 Å². The third-order valence-electron chi connectivity index (χ3n) is 4.22. The van der Waals surface area contributed by atoms with Crippen LogP contribution in [-0.4, -0.2) is 20.7 Å². The maximum absolute atomic E-state index is 11.9. The van der Waals surface area contributed by atoms with Gasteiger partial charge >= 0.3 is 0 Å². The average Bonchev–Trinajstić information content (AvgIpc) is 2.34. The molecule has 3 nitrogen and oxygen atoms in total. The van der Waals surface area contributed by atoms with Crippen molar-refractivity contribution in [3.05, 3.63) is 28.8 Å². The molecule has 1 aromatic carbocycles. The quantitative estimate of drug-likeness (QED) is 0.917.